The fraction of sp³-hybridized carbons (Fsp3) is 0.568. The average Bonchev–Trinajstić information content (AvgIpc) is 3.88. The first-order valence-corrected chi connectivity index (χ1v) is 19.7. The van der Waals surface area contributed by atoms with E-state index in [1.165, 1.54) is 11.1 Å². The summed E-state index contributed by atoms with van der Waals surface area (Å²) in [5, 5.41) is 7.36. The van der Waals surface area contributed by atoms with Gasteiger partial charge in [-0.1, -0.05) is 36.7 Å². The van der Waals surface area contributed by atoms with Crippen molar-refractivity contribution >= 4 is 44.8 Å². The van der Waals surface area contributed by atoms with Crippen molar-refractivity contribution in [2.24, 2.45) is 28.0 Å². The molecular weight excluding hydrogens is 646 g/mol. The topological polar surface area (TPSA) is 112 Å². The van der Waals surface area contributed by atoms with E-state index in [2.05, 4.69) is 48.9 Å². The Labute approximate surface area is 289 Å². The van der Waals surface area contributed by atoms with Crippen molar-refractivity contribution < 1.29 is 18.5 Å². The van der Waals surface area contributed by atoms with E-state index in [9.17, 15) is 13.8 Å². The number of benzene rings is 2. The molecule has 2 saturated carbocycles. The Morgan fingerprint density at radius 3 is 2.81 bits per heavy atom. The molecule has 3 N–H and O–H groups in total. The summed E-state index contributed by atoms with van der Waals surface area (Å²) in [6.45, 7) is 4.91. The average molecular weight is 694 g/mol. The summed E-state index contributed by atoms with van der Waals surface area (Å²) in [5.74, 6) is 0.664. The Balaban J connectivity index is 1.28. The summed E-state index contributed by atoms with van der Waals surface area (Å²) in [6.07, 6.45) is 12.4. The molecule has 5 aliphatic rings. The monoisotopic (exact) mass is 693 g/mol. The van der Waals surface area contributed by atoms with Crippen LogP contribution in [0.2, 0.25) is 5.02 Å². The van der Waals surface area contributed by atoms with Crippen molar-refractivity contribution in [3.63, 3.8) is 0 Å². The van der Waals surface area contributed by atoms with Gasteiger partial charge in [0.15, 0.2) is 0 Å². The zero-order valence-electron chi connectivity index (χ0n) is 28.0. The minimum Gasteiger partial charge on any atom is -0.382 e. The number of rotatable bonds is 4. The molecule has 258 valence electrons. The van der Waals surface area contributed by atoms with Crippen LogP contribution in [0, 0.1) is 23.7 Å². The summed E-state index contributed by atoms with van der Waals surface area (Å²) in [6, 6.07) is 11.4. The van der Waals surface area contributed by atoms with E-state index in [1.807, 2.05) is 25.1 Å². The number of urea groups is 1. The van der Waals surface area contributed by atoms with Gasteiger partial charge < -0.3 is 20.3 Å². The maximum absolute atomic E-state index is 14.3. The van der Waals surface area contributed by atoms with Crippen molar-refractivity contribution in [2.75, 3.05) is 49.3 Å². The zero-order chi connectivity index (χ0) is 33.5. The molecule has 2 heterocycles. The normalized spacial score (nSPS) is 32.4. The van der Waals surface area contributed by atoms with Crippen LogP contribution in [-0.2, 0) is 26.5 Å². The van der Waals surface area contributed by atoms with Gasteiger partial charge in [-0.15, -0.1) is 4.36 Å². The van der Waals surface area contributed by atoms with Gasteiger partial charge in [0.25, 0.3) is 5.91 Å². The number of nitrogens with one attached hydrogen (secondary N) is 3. The molecule has 6 atom stereocenters. The third kappa shape index (κ3) is 7.12. The van der Waals surface area contributed by atoms with Crippen LogP contribution >= 0.6 is 11.6 Å². The van der Waals surface area contributed by atoms with Crippen molar-refractivity contribution in [1.29, 1.82) is 0 Å². The highest BCUT2D eigenvalue weighted by atomic mass is 35.5. The molecule has 3 aliphatic carbocycles. The zero-order valence-corrected chi connectivity index (χ0v) is 29.6. The Morgan fingerprint density at radius 2 is 2.04 bits per heavy atom. The molecule has 11 heteroatoms. The number of halogens is 1. The highest BCUT2D eigenvalue weighted by Gasteiger charge is 2.43. The van der Waals surface area contributed by atoms with Gasteiger partial charge in [-0.3, -0.25) is 9.52 Å². The van der Waals surface area contributed by atoms with Crippen molar-refractivity contribution in [3.8, 4) is 0 Å². The molecule has 2 aliphatic heterocycles. The Bertz CT molecular complexity index is 1720. The van der Waals surface area contributed by atoms with Crippen LogP contribution in [0.3, 0.4) is 0 Å². The second kappa shape index (κ2) is 13.7. The van der Waals surface area contributed by atoms with Crippen molar-refractivity contribution in [3.05, 3.63) is 70.3 Å². The number of carbonyl (C=O) groups excluding carboxylic acids is 2. The molecule has 2 fully saturated rings. The summed E-state index contributed by atoms with van der Waals surface area (Å²) < 4.78 is 27.2. The van der Waals surface area contributed by atoms with Gasteiger partial charge >= 0.3 is 6.03 Å². The number of anilines is 2. The summed E-state index contributed by atoms with van der Waals surface area (Å²) in [5.41, 5.74) is 4.81. The van der Waals surface area contributed by atoms with Crippen LogP contribution in [-0.4, -0.2) is 61.3 Å². The van der Waals surface area contributed by atoms with Gasteiger partial charge in [0.05, 0.1) is 23.2 Å². The minimum atomic E-state index is -3.41. The second-order valence-corrected chi connectivity index (χ2v) is 17.3. The fourth-order valence-corrected chi connectivity index (χ4v) is 10.3. The molecule has 2 bridgehead atoms. The maximum atomic E-state index is 14.3. The number of ether oxygens (including phenoxy) is 1. The summed E-state index contributed by atoms with van der Waals surface area (Å²) in [4.78, 5) is 29.2. The molecule has 0 aromatic heterocycles. The number of hydrogen-bond acceptors (Lipinski definition) is 6. The largest absolute Gasteiger partial charge is 0.382 e. The number of amides is 3. The van der Waals surface area contributed by atoms with E-state index in [0.29, 0.717) is 36.3 Å². The van der Waals surface area contributed by atoms with Crippen molar-refractivity contribution in [1.82, 2.24) is 10.0 Å². The van der Waals surface area contributed by atoms with Gasteiger partial charge in [0.2, 0.25) is 0 Å². The molecule has 48 heavy (non-hydrogen) atoms. The lowest BCUT2D eigenvalue weighted by Gasteiger charge is -2.46. The van der Waals surface area contributed by atoms with Crippen LogP contribution in [0.25, 0.3) is 0 Å². The van der Waals surface area contributed by atoms with E-state index in [-0.39, 0.29) is 23.2 Å². The van der Waals surface area contributed by atoms with Crippen LogP contribution in [0.15, 0.2) is 52.9 Å². The number of aryl methyl sites for hydroxylation is 1. The lowest BCUT2D eigenvalue weighted by atomic mass is 9.68. The molecule has 0 radical (unpaired) electrons. The lowest BCUT2D eigenvalue weighted by molar-refractivity contribution is 0.0132. The molecule has 2 aromatic rings. The highest BCUT2D eigenvalue weighted by molar-refractivity contribution is 7.92. The first-order valence-electron chi connectivity index (χ1n) is 17.6. The molecule has 7 rings (SSSR count). The van der Waals surface area contributed by atoms with Gasteiger partial charge in [-0.2, -0.15) is 0 Å². The molecule has 0 saturated heterocycles. The SMILES string of the molecule is CO[C@H]1/C=C/C[C@H](C)C[S@@](=O)(NC(=O)NCC2CC2)=NC(=O)c2ccc3c(c2)N(C[C@@H]2CC[C@H]21)C[C@@]1(CCCc2cc(Cl)ccc21)CN3. The van der Waals surface area contributed by atoms with Crippen LogP contribution in [0.4, 0.5) is 16.2 Å². The number of methoxy groups -OCH3 is 1. The fourth-order valence-electron chi connectivity index (χ4n) is 8.26. The Kier molecular flexibility index (Phi) is 9.52. The molecule has 9 nitrogen and oxygen atoms in total. The first kappa shape index (κ1) is 33.4. The third-order valence-corrected chi connectivity index (χ3v) is 13.4. The number of allylic oxidation sites excluding steroid dienone is 1. The van der Waals surface area contributed by atoms with E-state index >= 15 is 0 Å². The highest BCUT2D eigenvalue weighted by Crippen LogP contribution is 2.46. The van der Waals surface area contributed by atoms with Gasteiger partial charge in [0.1, 0.15) is 9.92 Å². The van der Waals surface area contributed by atoms with Gasteiger partial charge in [0, 0.05) is 49.3 Å². The second-order valence-electron chi connectivity index (χ2n) is 14.8. The van der Waals surface area contributed by atoms with Crippen LogP contribution in [0.5, 0.6) is 0 Å². The lowest BCUT2D eigenvalue weighted by Crippen LogP contribution is -2.49. The molecule has 1 spiro atoms. The first-order chi connectivity index (χ1) is 23.1. The molecular formula is C37H48ClN5O4S. The number of hydrogen-bond donors (Lipinski definition) is 3. The van der Waals surface area contributed by atoms with E-state index in [0.717, 1.165) is 81.0 Å². The molecule has 3 amide bonds. The number of nitrogens with zero attached hydrogens (tertiary/aromatic N) is 2. The van der Waals surface area contributed by atoms with E-state index < -0.39 is 21.9 Å². The van der Waals surface area contributed by atoms with Crippen LogP contribution < -0.4 is 20.3 Å². The van der Waals surface area contributed by atoms with E-state index in [4.69, 9.17) is 16.3 Å². The number of fused-ring (bicyclic) bond motifs is 4. The smallest absolute Gasteiger partial charge is 0.327 e. The predicted octanol–water partition coefficient (Wildman–Crippen LogP) is 6.72. The van der Waals surface area contributed by atoms with Crippen molar-refractivity contribution in [2.45, 2.75) is 69.8 Å². The van der Waals surface area contributed by atoms with Crippen LogP contribution in [0.1, 0.15) is 73.4 Å². The molecule has 0 unspecified atom stereocenters. The minimum absolute atomic E-state index is 0.0202. The van der Waals surface area contributed by atoms with Gasteiger partial charge in [-0.25, -0.2) is 9.00 Å². The van der Waals surface area contributed by atoms with E-state index in [1.54, 1.807) is 13.2 Å². The summed E-state index contributed by atoms with van der Waals surface area (Å²) >= 11 is 6.46. The predicted molar refractivity (Wildman–Crippen MR) is 192 cm³/mol. The Hall–Kier alpha value is -3.08. The third-order valence-electron chi connectivity index (χ3n) is 11.2. The number of carbonyl (C=O) groups is 2. The maximum Gasteiger partial charge on any atom is 0.327 e. The standard InChI is InChI=1S/C37H48ClN5O4S/c1-24-5-3-7-34(47-2)30-13-10-28(30)20-43-23-37(16-4-6-26-17-29(38)12-14-31(26)37)22-40-32-15-11-27(18-33(32)43)35(44)41-48(46,21-24)42-36(45)39-19-25-8-9-25/h3,7,11-12,14-15,17-18,24-25,28,30,34,40H,4-6,8-10,13,16,19-23H2,1-2H3,(H2,39,41,42,44,45,46)/b7-3+/t24-,28-,30+,34-,37+,48-/m0/s1. The Morgan fingerprint density at radius 1 is 1.19 bits per heavy atom. The molecule has 2 aromatic carbocycles. The van der Waals surface area contributed by atoms with Gasteiger partial charge in [-0.05, 0) is 116 Å². The quantitative estimate of drug-likeness (QED) is 0.307. The summed E-state index contributed by atoms with van der Waals surface area (Å²) in [7, 11) is -1.63.